The molecule has 2 fully saturated rings. The van der Waals surface area contributed by atoms with Crippen molar-refractivity contribution in [2.45, 2.75) is 38.1 Å². The van der Waals surface area contributed by atoms with Gasteiger partial charge in [0.25, 0.3) is 0 Å². The van der Waals surface area contributed by atoms with E-state index >= 15 is 0 Å². The van der Waals surface area contributed by atoms with Gasteiger partial charge in [0.2, 0.25) is 11.8 Å². The second-order valence-electron chi connectivity index (χ2n) is 8.75. The Labute approximate surface area is 174 Å². The van der Waals surface area contributed by atoms with Gasteiger partial charge in [-0.15, -0.1) is 0 Å². The molecule has 4 rings (SSSR count). The Morgan fingerprint density at radius 3 is 2.31 bits per heavy atom. The lowest BCUT2D eigenvalue weighted by molar-refractivity contribution is -0.135. The first-order valence-corrected chi connectivity index (χ1v) is 11.2. The fourth-order valence-corrected chi connectivity index (χ4v) is 4.97. The van der Waals surface area contributed by atoms with E-state index in [1.54, 1.807) is 0 Å². The summed E-state index contributed by atoms with van der Waals surface area (Å²) < 4.78 is 0. The number of likely N-dealkylation sites (N-methyl/N-ethyl adjacent to an activating group) is 1. The van der Waals surface area contributed by atoms with Crippen molar-refractivity contribution in [3.8, 4) is 0 Å². The summed E-state index contributed by atoms with van der Waals surface area (Å²) in [6, 6.07) is 8.75. The van der Waals surface area contributed by atoms with Gasteiger partial charge >= 0.3 is 0 Å². The summed E-state index contributed by atoms with van der Waals surface area (Å²) in [5, 5.41) is 0. The second-order valence-corrected chi connectivity index (χ2v) is 8.75. The third-order valence-corrected chi connectivity index (χ3v) is 6.84. The Bertz CT molecular complexity index is 723. The van der Waals surface area contributed by atoms with Crippen molar-refractivity contribution in [1.82, 2.24) is 19.6 Å². The number of hydrogen-bond donors (Lipinski definition) is 0. The average molecular weight is 399 g/mol. The molecule has 6 heteroatoms. The Morgan fingerprint density at radius 1 is 0.931 bits per heavy atom. The zero-order valence-electron chi connectivity index (χ0n) is 17.7. The highest BCUT2D eigenvalue weighted by Crippen LogP contribution is 2.33. The molecule has 1 aromatic rings. The van der Waals surface area contributed by atoms with Crippen LogP contribution in [0.4, 0.5) is 0 Å². The Hall–Kier alpha value is -1.92. The standard InChI is InChI=1S/C23H34N4O2/c1-24(21-10-6-8-19-7-2-3-9-20(19)21)22(28)17-25-13-15-26(16-14-25)18-23(29)27-11-4-5-12-27/h2-3,7,9,21H,4-6,8,10-18H2,1H3. The molecule has 1 atom stereocenters. The van der Waals surface area contributed by atoms with Gasteiger partial charge in [-0.1, -0.05) is 24.3 Å². The van der Waals surface area contributed by atoms with Crippen LogP contribution in [0.15, 0.2) is 24.3 Å². The number of piperazine rings is 1. The highest BCUT2D eigenvalue weighted by Gasteiger charge is 2.29. The summed E-state index contributed by atoms with van der Waals surface area (Å²) in [7, 11) is 1.96. The van der Waals surface area contributed by atoms with Crippen LogP contribution in [-0.4, -0.2) is 90.8 Å². The van der Waals surface area contributed by atoms with Crippen LogP contribution in [0, 0.1) is 0 Å². The van der Waals surface area contributed by atoms with E-state index in [1.807, 2.05) is 16.8 Å². The number of nitrogens with zero attached hydrogens (tertiary/aromatic N) is 4. The summed E-state index contributed by atoms with van der Waals surface area (Å²) in [6.07, 6.45) is 5.59. The third kappa shape index (κ3) is 4.81. The Balaban J connectivity index is 1.25. The van der Waals surface area contributed by atoms with E-state index in [4.69, 9.17) is 0 Å². The molecule has 158 valence electrons. The largest absolute Gasteiger partial charge is 0.342 e. The molecule has 1 unspecified atom stereocenters. The summed E-state index contributed by atoms with van der Waals surface area (Å²) in [5.41, 5.74) is 2.71. The van der Waals surface area contributed by atoms with Gasteiger partial charge in [-0.3, -0.25) is 19.4 Å². The quantitative estimate of drug-likeness (QED) is 0.758. The maximum absolute atomic E-state index is 13.0. The van der Waals surface area contributed by atoms with E-state index in [0.717, 1.165) is 71.4 Å². The lowest BCUT2D eigenvalue weighted by atomic mass is 9.87. The van der Waals surface area contributed by atoms with Gasteiger partial charge in [0, 0.05) is 46.3 Å². The predicted molar refractivity (Wildman–Crippen MR) is 114 cm³/mol. The monoisotopic (exact) mass is 398 g/mol. The molecule has 0 N–H and O–H groups in total. The maximum atomic E-state index is 13.0. The second kappa shape index (κ2) is 9.26. The van der Waals surface area contributed by atoms with E-state index in [-0.39, 0.29) is 17.9 Å². The van der Waals surface area contributed by atoms with Gasteiger partial charge in [-0.25, -0.2) is 0 Å². The molecule has 2 amide bonds. The number of carbonyl (C=O) groups excluding carboxylic acids is 2. The smallest absolute Gasteiger partial charge is 0.237 e. The summed E-state index contributed by atoms with van der Waals surface area (Å²) in [6.45, 7) is 6.28. The van der Waals surface area contributed by atoms with Crippen LogP contribution in [0.2, 0.25) is 0 Å². The molecule has 0 radical (unpaired) electrons. The number of amides is 2. The summed E-state index contributed by atoms with van der Waals surface area (Å²) in [4.78, 5) is 33.7. The van der Waals surface area contributed by atoms with Crippen molar-refractivity contribution in [3.63, 3.8) is 0 Å². The number of benzene rings is 1. The topological polar surface area (TPSA) is 47.1 Å². The SMILES string of the molecule is CN(C(=O)CN1CCN(CC(=O)N2CCCC2)CC1)C1CCCc2ccccc21. The van der Waals surface area contributed by atoms with Crippen molar-refractivity contribution in [1.29, 1.82) is 0 Å². The fourth-order valence-electron chi connectivity index (χ4n) is 4.97. The van der Waals surface area contributed by atoms with Crippen molar-refractivity contribution >= 4 is 11.8 Å². The number of carbonyl (C=O) groups is 2. The predicted octanol–water partition coefficient (Wildman–Crippen LogP) is 1.76. The molecule has 1 aromatic carbocycles. The van der Waals surface area contributed by atoms with E-state index in [9.17, 15) is 9.59 Å². The maximum Gasteiger partial charge on any atom is 0.237 e. The van der Waals surface area contributed by atoms with Gasteiger partial charge in [-0.2, -0.15) is 0 Å². The molecule has 3 aliphatic rings. The molecular formula is C23H34N4O2. The minimum atomic E-state index is 0.201. The van der Waals surface area contributed by atoms with Gasteiger partial charge in [-0.05, 0) is 43.2 Å². The highest BCUT2D eigenvalue weighted by atomic mass is 16.2. The number of likely N-dealkylation sites (tertiary alicyclic amines) is 1. The van der Waals surface area contributed by atoms with Gasteiger partial charge in [0.15, 0.2) is 0 Å². The third-order valence-electron chi connectivity index (χ3n) is 6.84. The first-order valence-electron chi connectivity index (χ1n) is 11.2. The van der Waals surface area contributed by atoms with Crippen LogP contribution in [0.3, 0.4) is 0 Å². The lowest BCUT2D eigenvalue weighted by Gasteiger charge is -2.37. The van der Waals surface area contributed by atoms with Crippen LogP contribution >= 0.6 is 0 Å². The Kier molecular flexibility index (Phi) is 6.50. The number of rotatable bonds is 5. The number of fused-ring (bicyclic) bond motifs is 1. The minimum absolute atomic E-state index is 0.201. The summed E-state index contributed by atoms with van der Waals surface area (Å²) in [5.74, 6) is 0.469. The van der Waals surface area contributed by atoms with Crippen molar-refractivity contribution < 1.29 is 9.59 Å². The van der Waals surface area contributed by atoms with Crippen LogP contribution in [0.5, 0.6) is 0 Å². The zero-order chi connectivity index (χ0) is 20.2. The van der Waals surface area contributed by atoms with Crippen LogP contribution in [-0.2, 0) is 16.0 Å². The van der Waals surface area contributed by atoms with Crippen LogP contribution < -0.4 is 0 Å². The molecule has 0 bridgehead atoms. The molecule has 2 aliphatic heterocycles. The number of aryl methyl sites for hydroxylation is 1. The van der Waals surface area contributed by atoms with Gasteiger partial charge in [0.05, 0.1) is 19.1 Å². The average Bonchev–Trinajstić information content (AvgIpc) is 3.29. The van der Waals surface area contributed by atoms with Crippen molar-refractivity contribution in [2.75, 3.05) is 59.4 Å². The summed E-state index contributed by atoms with van der Waals surface area (Å²) >= 11 is 0. The molecule has 29 heavy (non-hydrogen) atoms. The molecule has 0 spiro atoms. The normalized spacial score (nSPS) is 23.1. The van der Waals surface area contributed by atoms with Crippen LogP contribution in [0.1, 0.15) is 42.9 Å². The highest BCUT2D eigenvalue weighted by molar-refractivity contribution is 5.79. The van der Waals surface area contributed by atoms with E-state index in [1.165, 1.54) is 11.1 Å². The Morgan fingerprint density at radius 2 is 1.59 bits per heavy atom. The molecule has 2 heterocycles. The fraction of sp³-hybridized carbons (Fsp3) is 0.652. The van der Waals surface area contributed by atoms with E-state index in [2.05, 4.69) is 34.1 Å². The van der Waals surface area contributed by atoms with Gasteiger partial charge < -0.3 is 9.80 Å². The molecule has 2 saturated heterocycles. The molecule has 0 aromatic heterocycles. The number of hydrogen-bond acceptors (Lipinski definition) is 4. The lowest BCUT2D eigenvalue weighted by Crippen LogP contribution is -2.52. The van der Waals surface area contributed by atoms with E-state index in [0.29, 0.717) is 13.1 Å². The van der Waals surface area contributed by atoms with E-state index < -0.39 is 0 Å². The van der Waals surface area contributed by atoms with Crippen molar-refractivity contribution in [3.05, 3.63) is 35.4 Å². The van der Waals surface area contributed by atoms with Crippen LogP contribution in [0.25, 0.3) is 0 Å². The molecule has 1 aliphatic carbocycles. The molecule has 0 saturated carbocycles. The molecular weight excluding hydrogens is 364 g/mol. The van der Waals surface area contributed by atoms with Crippen molar-refractivity contribution in [2.24, 2.45) is 0 Å². The minimum Gasteiger partial charge on any atom is -0.342 e. The first kappa shape index (κ1) is 20.4. The zero-order valence-corrected chi connectivity index (χ0v) is 17.7. The molecule has 6 nitrogen and oxygen atoms in total. The first-order chi connectivity index (χ1) is 14.1. The van der Waals surface area contributed by atoms with Gasteiger partial charge in [0.1, 0.15) is 0 Å².